The molecule has 0 aliphatic heterocycles. The van der Waals surface area contributed by atoms with Crippen molar-refractivity contribution in [2.24, 2.45) is 0 Å². The fourth-order valence-electron chi connectivity index (χ4n) is 1.96. The van der Waals surface area contributed by atoms with E-state index in [0.29, 0.717) is 11.6 Å². The number of aryl methyl sites for hydroxylation is 3. The SMILES string of the molecule is CCCNc1nc(=O)n2c(C)c(C)cc(C)c2n1. The molecule has 0 unspecified atom stereocenters. The number of fused-ring (bicyclic) bond motifs is 1. The molecule has 0 fully saturated rings. The van der Waals surface area contributed by atoms with E-state index < -0.39 is 0 Å². The molecule has 0 aliphatic carbocycles. The van der Waals surface area contributed by atoms with Crippen LogP contribution >= 0.6 is 0 Å². The van der Waals surface area contributed by atoms with E-state index in [0.717, 1.165) is 29.8 Å². The molecule has 18 heavy (non-hydrogen) atoms. The molecule has 0 bridgehead atoms. The van der Waals surface area contributed by atoms with Crippen molar-refractivity contribution in [2.75, 3.05) is 11.9 Å². The topological polar surface area (TPSA) is 59.3 Å². The van der Waals surface area contributed by atoms with Crippen molar-refractivity contribution >= 4 is 11.6 Å². The minimum Gasteiger partial charge on any atom is -0.354 e. The number of hydrogen-bond donors (Lipinski definition) is 1. The Labute approximate surface area is 106 Å². The lowest BCUT2D eigenvalue weighted by Gasteiger charge is -2.11. The van der Waals surface area contributed by atoms with Crippen LogP contribution < -0.4 is 11.0 Å². The van der Waals surface area contributed by atoms with Gasteiger partial charge in [-0.1, -0.05) is 13.0 Å². The largest absolute Gasteiger partial charge is 0.356 e. The summed E-state index contributed by atoms with van der Waals surface area (Å²) in [5.41, 5.74) is 3.35. The van der Waals surface area contributed by atoms with Gasteiger partial charge in [0.25, 0.3) is 0 Å². The van der Waals surface area contributed by atoms with Gasteiger partial charge in [0.15, 0.2) is 0 Å². The summed E-state index contributed by atoms with van der Waals surface area (Å²) in [6.07, 6.45) is 0.967. The van der Waals surface area contributed by atoms with Gasteiger partial charge < -0.3 is 5.32 Å². The number of nitrogens with one attached hydrogen (secondary N) is 1. The van der Waals surface area contributed by atoms with E-state index in [2.05, 4.69) is 22.2 Å². The molecule has 2 heterocycles. The zero-order valence-corrected chi connectivity index (χ0v) is 11.2. The number of anilines is 1. The maximum Gasteiger partial charge on any atom is 0.356 e. The summed E-state index contributed by atoms with van der Waals surface area (Å²) in [6.45, 7) is 8.67. The summed E-state index contributed by atoms with van der Waals surface area (Å²) in [5, 5.41) is 3.05. The van der Waals surface area contributed by atoms with E-state index in [4.69, 9.17) is 0 Å². The maximum atomic E-state index is 12.1. The molecule has 0 saturated heterocycles. The number of aromatic nitrogens is 3. The Morgan fingerprint density at radius 1 is 1.22 bits per heavy atom. The molecule has 0 spiro atoms. The highest BCUT2D eigenvalue weighted by Crippen LogP contribution is 2.13. The van der Waals surface area contributed by atoms with Gasteiger partial charge in [-0.3, -0.25) is 0 Å². The van der Waals surface area contributed by atoms with Gasteiger partial charge in [-0.2, -0.15) is 9.97 Å². The van der Waals surface area contributed by atoms with Gasteiger partial charge >= 0.3 is 5.69 Å². The van der Waals surface area contributed by atoms with Crippen LogP contribution in [-0.2, 0) is 0 Å². The van der Waals surface area contributed by atoms with E-state index >= 15 is 0 Å². The van der Waals surface area contributed by atoms with Crippen LogP contribution in [0.4, 0.5) is 5.95 Å². The number of nitrogens with zero attached hydrogens (tertiary/aromatic N) is 3. The van der Waals surface area contributed by atoms with Crippen LogP contribution in [0.5, 0.6) is 0 Å². The van der Waals surface area contributed by atoms with Gasteiger partial charge in [0.2, 0.25) is 5.95 Å². The Morgan fingerprint density at radius 2 is 1.94 bits per heavy atom. The minimum absolute atomic E-state index is 0.275. The van der Waals surface area contributed by atoms with E-state index in [1.165, 1.54) is 0 Å². The second-order valence-corrected chi connectivity index (χ2v) is 4.51. The number of rotatable bonds is 3. The molecule has 96 valence electrons. The molecule has 2 aromatic heterocycles. The molecule has 2 rings (SSSR count). The Kier molecular flexibility index (Phi) is 3.32. The first-order valence-electron chi connectivity index (χ1n) is 6.16. The first-order chi connectivity index (χ1) is 8.54. The number of hydrogen-bond acceptors (Lipinski definition) is 4. The quantitative estimate of drug-likeness (QED) is 0.897. The van der Waals surface area contributed by atoms with Crippen molar-refractivity contribution in [3.63, 3.8) is 0 Å². The van der Waals surface area contributed by atoms with E-state index in [9.17, 15) is 4.79 Å². The second-order valence-electron chi connectivity index (χ2n) is 4.51. The molecule has 0 saturated carbocycles. The summed E-state index contributed by atoms with van der Waals surface area (Å²) in [4.78, 5) is 20.4. The van der Waals surface area contributed by atoms with Crippen molar-refractivity contribution in [2.45, 2.75) is 34.1 Å². The van der Waals surface area contributed by atoms with Crippen LogP contribution in [0.25, 0.3) is 5.65 Å². The summed E-state index contributed by atoms with van der Waals surface area (Å²) in [5.74, 6) is 0.410. The first kappa shape index (κ1) is 12.5. The predicted molar refractivity (Wildman–Crippen MR) is 72.2 cm³/mol. The molecule has 2 aromatic rings. The average molecular weight is 246 g/mol. The molecule has 0 radical (unpaired) electrons. The normalized spacial score (nSPS) is 10.9. The Hall–Kier alpha value is -1.91. The third-order valence-corrected chi connectivity index (χ3v) is 3.04. The zero-order valence-electron chi connectivity index (χ0n) is 11.2. The molecule has 0 aliphatic rings. The molecule has 5 heteroatoms. The molecular weight excluding hydrogens is 228 g/mol. The summed E-state index contributed by atoms with van der Waals surface area (Å²) >= 11 is 0. The highest BCUT2D eigenvalue weighted by atomic mass is 16.1. The fourth-order valence-corrected chi connectivity index (χ4v) is 1.96. The smallest absolute Gasteiger partial charge is 0.354 e. The average Bonchev–Trinajstić information content (AvgIpc) is 2.33. The van der Waals surface area contributed by atoms with Crippen molar-refractivity contribution in [3.8, 4) is 0 Å². The molecule has 5 nitrogen and oxygen atoms in total. The van der Waals surface area contributed by atoms with Gasteiger partial charge in [-0.15, -0.1) is 0 Å². The first-order valence-corrected chi connectivity index (χ1v) is 6.16. The maximum absolute atomic E-state index is 12.1. The second kappa shape index (κ2) is 4.76. The van der Waals surface area contributed by atoms with Crippen LogP contribution in [0.15, 0.2) is 10.9 Å². The van der Waals surface area contributed by atoms with Gasteiger partial charge in [-0.25, -0.2) is 9.20 Å². The standard InChI is InChI=1S/C13H18N4O/c1-5-6-14-12-15-11-9(3)7-8(2)10(4)17(11)13(18)16-12/h7H,5-6H2,1-4H3,(H,14,16,18). The summed E-state index contributed by atoms with van der Waals surface area (Å²) in [6, 6.07) is 2.04. The van der Waals surface area contributed by atoms with E-state index in [1.807, 2.05) is 26.8 Å². The minimum atomic E-state index is -0.275. The van der Waals surface area contributed by atoms with Gasteiger partial charge in [0.1, 0.15) is 5.65 Å². The lowest BCUT2D eigenvalue weighted by Crippen LogP contribution is -2.24. The van der Waals surface area contributed by atoms with Gasteiger partial charge in [0, 0.05) is 12.2 Å². The van der Waals surface area contributed by atoms with Crippen LogP contribution in [0.3, 0.4) is 0 Å². The molecular formula is C13H18N4O. The van der Waals surface area contributed by atoms with Crippen molar-refractivity contribution in [3.05, 3.63) is 33.4 Å². The van der Waals surface area contributed by atoms with E-state index in [-0.39, 0.29) is 5.69 Å². The molecule has 0 amide bonds. The highest BCUT2D eigenvalue weighted by Gasteiger charge is 2.09. The van der Waals surface area contributed by atoms with Crippen molar-refractivity contribution in [1.29, 1.82) is 0 Å². The number of pyridine rings is 1. The van der Waals surface area contributed by atoms with Crippen LogP contribution in [-0.4, -0.2) is 20.9 Å². The Balaban J connectivity index is 2.70. The third-order valence-electron chi connectivity index (χ3n) is 3.04. The zero-order chi connectivity index (χ0) is 13.3. The predicted octanol–water partition coefficient (Wildman–Crippen LogP) is 1.84. The summed E-state index contributed by atoms with van der Waals surface area (Å²) < 4.78 is 1.57. The van der Waals surface area contributed by atoms with Gasteiger partial charge in [0.05, 0.1) is 0 Å². The van der Waals surface area contributed by atoms with Gasteiger partial charge in [-0.05, 0) is 38.3 Å². The van der Waals surface area contributed by atoms with Crippen LogP contribution in [0, 0.1) is 20.8 Å². The molecule has 0 atom stereocenters. The monoisotopic (exact) mass is 246 g/mol. The highest BCUT2D eigenvalue weighted by molar-refractivity contribution is 5.52. The lowest BCUT2D eigenvalue weighted by molar-refractivity contribution is 0.876. The van der Waals surface area contributed by atoms with E-state index in [1.54, 1.807) is 4.40 Å². The molecule has 1 N–H and O–H groups in total. The lowest BCUT2D eigenvalue weighted by atomic mass is 10.1. The fraction of sp³-hybridized carbons (Fsp3) is 0.462. The Morgan fingerprint density at radius 3 is 2.61 bits per heavy atom. The third kappa shape index (κ3) is 2.08. The molecule has 0 aromatic carbocycles. The Bertz CT molecular complexity index is 645. The van der Waals surface area contributed by atoms with Crippen molar-refractivity contribution < 1.29 is 0 Å². The summed E-state index contributed by atoms with van der Waals surface area (Å²) in [7, 11) is 0. The van der Waals surface area contributed by atoms with Crippen molar-refractivity contribution in [1.82, 2.24) is 14.4 Å². The van der Waals surface area contributed by atoms with Crippen LogP contribution in [0.2, 0.25) is 0 Å². The van der Waals surface area contributed by atoms with Crippen LogP contribution in [0.1, 0.15) is 30.2 Å².